The SMILES string of the molecule is N#CC(C[C@@H]1Oc2ccncc2NC1=O)NC(=O)O. The number of nitrogens with zero attached hydrogens (tertiary/aromatic N) is 2. The summed E-state index contributed by atoms with van der Waals surface area (Å²) < 4.78 is 5.42. The van der Waals surface area contributed by atoms with E-state index in [1.54, 1.807) is 12.1 Å². The Morgan fingerprint density at radius 3 is 3.21 bits per heavy atom. The van der Waals surface area contributed by atoms with Crippen molar-refractivity contribution in [1.82, 2.24) is 10.3 Å². The van der Waals surface area contributed by atoms with Gasteiger partial charge in [0.05, 0.1) is 12.3 Å². The highest BCUT2D eigenvalue weighted by molar-refractivity contribution is 5.97. The summed E-state index contributed by atoms with van der Waals surface area (Å²) >= 11 is 0. The third kappa shape index (κ3) is 2.90. The summed E-state index contributed by atoms with van der Waals surface area (Å²) in [6.07, 6.45) is 0.626. The first kappa shape index (κ1) is 12.6. The molecule has 0 fully saturated rings. The van der Waals surface area contributed by atoms with E-state index in [-0.39, 0.29) is 6.42 Å². The standard InChI is InChI=1S/C11H10N4O4/c12-4-6(14-11(17)18)3-9-10(16)15-7-5-13-2-1-8(7)19-9/h1-2,5-6,9,14H,3H2,(H,15,16)(H,17,18)/t6?,9-/m0/s1. The molecule has 1 unspecified atom stereocenters. The number of fused-ring (bicyclic) bond motifs is 1. The highest BCUT2D eigenvalue weighted by Gasteiger charge is 2.30. The molecule has 1 aromatic rings. The zero-order chi connectivity index (χ0) is 13.8. The summed E-state index contributed by atoms with van der Waals surface area (Å²) in [4.78, 5) is 26.1. The zero-order valence-corrected chi connectivity index (χ0v) is 9.66. The number of hydrogen-bond donors (Lipinski definition) is 3. The lowest BCUT2D eigenvalue weighted by molar-refractivity contribution is -0.123. The van der Waals surface area contributed by atoms with Crippen molar-refractivity contribution in [3.63, 3.8) is 0 Å². The fourth-order valence-electron chi connectivity index (χ4n) is 1.66. The minimum Gasteiger partial charge on any atom is -0.478 e. The maximum atomic E-state index is 11.7. The van der Waals surface area contributed by atoms with Crippen molar-refractivity contribution < 1.29 is 19.4 Å². The first-order valence-electron chi connectivity index (χ1n) is 5.40. The Morgan fingerprint density at radius 1 is 1.74 bits per heavy atom. The molecule has 0 aromatic carbocycles. The van der Waals surface area contributed by atoms with Gasteiger partial charge in [0.25, 0.3) is 5.91 Å². The van der Waals surface area contributed by atoms with E-state index in [9.17, 15) is 9.59 Å². The Labute approximate surface area is 108 Å². The molecule has 1 aromatic heterocycles. The second kappa shape index (κ2) is 5.22. The third-order valence-electron chi connectivity index (χ3n) is 2.50. The van der Waals surface area contributed by atoms with Crippen LogP contribution in [0.1, 0.15) is 6.42 Å². The normalized spacial score (nSPS) is 18.3. The van der Waals surface area contributed by atoms with E-state index in [1.165, 1.54) is 12.4 Å². The van der Waals surface area contributed by atoms with Crippen LogP contribution in [-0.4, -0.2) is 34.2 Å². The molecule has 0 bridgehead atoms. The second-order valence-electron chi connectivity index (χ2n) is 3.83. The number of rotatable bonds is 3. The largest absolute Gasteiger partial charge is 0.478 e. The van der Waals surface area contributed by atoms with Gasteiger partial charge in [0, 0.05) is 18.7 Å². The lowest BCUT2D eigenvalue weighted by Gasteiger charge is -2.26. The van der Waals surface area contributed by atoms with Crippen molar-refractivity contribution in [2.75, 3.05) is 5.32 Å². The van der Waals surface area contributed by atoms with Crippen molar-refractivity contribution in [2.45, 2.75) is 18.6 Å². The number of nitriles is 1. The molecule has 2 rings (SSSR count). The van der Waals surface area contributed by atoms with Crippen molar-refractivity contribution in [1.29, 1.82) is 5.26 Å². The monoisotopic (exact) mass is 262 g/mol. The average Bonchev–Trinajstić information content (AvgIpc) is 2.38. The Balaban J connectivity index is 2.08. The van der Waals surface area contributed by atoms with E-state index < -0.39 is 24.1 Å². The number of hydrogen-bond acceptors (Lipinski definition) is 5. The molecule has 0 aliphatic carbocycles. The van der Waals surface area contributed by atoms with Gasteiger partial charge in [0.15, 0.2) is 6.10 Å². The third-order valence-corrected chi connectivity index (χ3v) is 2.50. The summed E-state index contributed by atoms with van der Waals surface area (Å²) in [5.74, 6) is -0.000413. The van der Waals surface area contributed by atoms with Crippen molar-refractivity contribution in [3.05, 3.63) is 18.5 Å². The Morgan fingerprint density at radius 2 is 2.53 bits per heavy atom. The number of amides is 2. The second-order valence-corrected chi connectivity index (χ2v) is 3.83. The molecule has 1 aliphatic heterocycles. The fourth-order valence-corrected chi connectivity index (χ4v) is 1.66. The van der Waals surface area contributed by atoms with Gasteiger partial charge < -0.3 is 20.5 Å². The maximum Gasteiger partial charge on any atom is 0.405 e. The molecule has 0 radical (unpaired) electrons. The van der Waals surface area contributed by atoms with Gasteiger partial charge in [0.1, 0.15) is 17.5 Å². The quantitative estimate of drug-likeness (QED) is 0.721. The summed E-state index contributed by atoms with van der Waals surface area (Å²) in [5, 5.41) is 22.0. The minimum atomic E-state index is -1.33. The van der Waals surface area contributed by atoms with E-state index in [2.05, 4.69) is 10.3 Å². The van der Waals surface area contributed by atoms with Gasteiger partial charge >= 0.3 is 6.09 Å². The van der Waals surface area contributed by atoms with Crippen LogP contribution in [0.3, 0.4) is 0 Å². The smallest absolute Gasteiger partial charge is 0.405 e. The highest BCUT2D eigenvalue weighted by atomic mass is 16.5. The molecule has 0 saturated heterocycles. The van der Waals surface area contributed by atoms with Crippen molar-refractivity contribution in [2.24, 2.45) is 0 Å². The van der Waals surface area contributed by atoms with Crippen LogP contribution >= 0.6 is 0 Å². The molecule has 8 heteroatoms. The number of carbonyl (C=O) groups excluding carboxylic acids is 1. The van der Waals surface area contributed by atoms with Crippen LogP contribution in [0.15, 0.2) is 18.5 Å². The van der Waals surface area contributed by atoms with Crippen molar-refractivity contribution in [3.8, 4) is 11.8 Å². The number of carbonyl (C=O) groups is 2. The number of nitrogens with one attached hydrogen (secondary N) is 2. The van der Waals surface area contributed by atoms with Crippen LogP contribution in [0.25, 0.3) is 0 Å². The highest BCUT2D eigenvalue weighted by Crippen LogP contribution is 2.28. The number of aromatic nitrogens is 1. The van der Waals surface area contributed by atoms with Gasteiger partial charge in [-0.15, -0.1) is 0 Å². The Hall–Kier alpha value is -2.82. The maximum absolute atomic E-state index is 11.7. The lowest BCUT2D eigenvalue weighted by Crippen LogP contribution is -2.43. The molecule has 2 amide bonds. The van der Waals surface area contributed by atoms with Gasteiger partial charge in [-0.05, 0) is 0 Å². The van der Waals surface area contributed by atoms with E-state index in [1.807, 2.05) is 5.32 Å². The van der Waals surface area contributed by atoms with Crippen LogP contribution in [0, 0.1) is 11.3 Å². The van der Waals surface area contributed by atoms with Crippen molar-refractivity contribution >= 4 is 17.7 Å². The summed E-state index contributed by atoms with van der Waals surface area (Å²) in [7, 11) is 0. The number of ether oxygens (including phenoxy) is 1. The predicted molar refractivity (Wildman–Crippen MR) is 62.5 cm³/mol. The van der Waals surface area contributed by atoms with Crippen LogP contribution in [0.4, 0.5) is 10.5 Å². The first-order chi connectivity index (χ1) is 9.10. The predicted octanol–water partition coefficient (Wildman–Crippen LogP) is 0.331. The molecule has 3 N–H and O–H groups in total. The van der Waals surface area contributed by atoms with Gasteiger partial charge in [-0.2, -0.15) is 5.26 Å². The van der Waals surface area contributed by atoms with Crippen LogP contribution in [-0.2, 0) is 4.79 Å². The summed E-state index contributed by atoms with van der Waals surface area (Å²) in [6, 6.07) is 2.32. The molecule has 8 nitrogen and oxygen atoms in total. The van der Waals surface area contributed by atoms with Crippen LogP contribution < -0.4 is 15.4 Å². The lowest BCUT2D eigenvalue weighted by atomic mass is 10.1. The number of pyridine rings is 1. The van der Waals surface area contributed by atoms with E-state index >= 15 is 0 Å². The van der Waals surface area contributed by atoms with Gasteiger partial charge in [-0.1, -0.05) is 0 Å². The van der Waals surface area contributed by atoms with E-state index in [0.29, 0.717) is 11.4 Å². The van der Waals surface area contributed by atoms with Gasteiger partial charge in [-0.3, -0.25) is 9.78 Å². The number of anilines is 1. The molecule has 98 valence electrons. The summed E-state index contributed by atoms with van der Waals surface area (Å²) in [6.45, 7) is 0. The molecular formula is C11H10N4O4. The molecular weight excluding hydrogens is 252 g/mol. The summed E-state index contributed by atoms with van der Waals surface area (Å²) in [5.41, 5.74) is 0.448. The average molecular weight is 262 g/mol. The van der Waals surface area contributed by atoms with Gasteiger partial charge in [0.2, 0.25) is 0 Å². The fraction of sp³-hybridized carbons (Fsp3) is 0.273. The van der Waals surface area contributed by atoms with Crippen LogP contribution in [0.5, 0.6) is 5.75 Å². The van der Waals surface area contributed by atoms with E-state index in [0.717, 1.165) is 0 Å². The Kier molecular flexibility index (Phi) is 3.47. The molecule has 1 aliphatic rings. The minimum absolute atomic E-state index is 0.0730. The molecule has 19 heavy (non-hydrogen) atoms. The molecule has 0 spiro atoms. The topological polar surface area (TPSA) is 124 Å². The Bertz CT molecular complexity index is 554. The van der Waals surface area contributed by atoms with Gasteiger partial charge in [-0.25, -0.2) is 4.79 Å². The molecule has 2 atom stereocenters. The molecule has 2 heterocycles. The zero-order valence-electron chi connectivity index (χ0n) is 9.66. The molecule has 0 saturated carbocycles. The van der Waals surface area contributed by atoms with Crippen LogP contribution in [0.2, 0.25) is 0 Å². The number of carboxylic acid groups (broad SMARTS) is 1. The first-order valence-corrected chi connectivity index (χ1v) is 5.40. The van der Waals surface area contributed by atoms with E-state index in [4.69, 9.17) is 15.1 Å².